The van der Waals surface area contributed by atoms with Gasteiger partial charge in [-0.05, 0) is 18.6 Å². The van der Waals surface area contributed by atoms with E-state index in [1.165, 1.54) is 16.8 Å². The number of aryl methyl sites for hydroxylation is 1. The lowest BCUT2D eigenvalue weighted by Gasteiger charge is -2.06. The molecular formula is C12H14N6O3. The number of hydrogen-bond acceptors (Lipinski definition) is 6. The van der Waals surface area contributed by atoms with Gasteiger partial charge in [0.25, 0.3) is 5.69 Å². The summed E-state index contributed by atoms with van der Waals surface area (Å²) in [5, 5.41) is 20.9. The molecule has 0 radical (unpaired) electrons. The van der Waals surface area contributed by atoms with E-state index in [9.17, 15) is 14.9 Å². The lowest BCUT2D eigenvalue weighted by Crippen LogP contribution is -2.19. The van der Waals surface area contributed by atoms with E-state index in [4.69, 9.17) is 5.73 Å². The lowest BCUT2D eigenvalue weighted by molar-refractivity contribution is -0.384. The molecule has 0 bridgehead atoms. The van der Waals surface area contributed by atoms with E-state index >= 15 is 0 Å². The van der Waals surface area contributed by atoms with E-state index in [2.05, 4.69) is 15.6 Å². The number of carbonyl (C=O) groups excluding carboxylic acids is 1. The minimum atomic E-state index is -0.537. The zero-order valence-corrected chi connectivity index (χ0v) is 11.3. The number of anilines is 1. The number of hydrogen-bond donors (Lipinski definition) is 2. The Morgan fingerprint density at radius 1 is 1.52 bits per heavy atom. The second kappa shape index (κ2) is 6.09. The van der Waals surface area contributed by atoms with Crippen LogP contribution >= 0.6 is 0 Å². The minimum Gasteiger partial charge on any atom is -0.325 e. The van der Waals surface area contributed by atoms with Gasteiger partial charge in [0.05, 0.1) is 16.8 Å². The van der Waals surface area contributed by atoms with E-state index in [1.807, 2.05) is 0 Å². The summed E-state index contributed by atoms with van der Waals surface area (Å²) in [4.78, 5) is 22.3. The largest absolute Gasteiger partial charge is 0.325 e. The molecule has 0 atom stereocenters. The van der Waals surface area contributed by atoms with Gasteiger partial charge in [0.2, 0.25) is 5.91 Å². The standard InChI is InChI=1S/C12H14N6O3/c1-8-2-3-10(11(4-8)18(20)21)14-12(19)7-17-6-9(5-13)15-16-17/h2-4,6H,5,7,13H2,1H3,(H,14,19). The average Bonchev–Trinajstić information content (AvgIpc) is 2.88. The van der Waals surface area contributed by atoms with Crippen LogP contribution in [0.2, 0.25) is 0 Å². The summed E-state index contributed by atoms with van der Waals surface area (Å²) in [6.45, 7) is 1.87. The van der Waals surface area contributed by atoms with Crippen LogP contribution in [0.15, 0.2) is 24.4 Å². The Labute approximate surface area is 119 Å². The molecule has 0 saturated heterocycles. The molecule has 2 aromatic rings. The highest BCUT2D eigenvalue weighted by atomic mass is 16.6. The summed E-state index contributed by atoms with van der Waals surface area (Å²) in [6.07, 6.45) is 1.54. The van der Waals surface area contributed by atoms with Crippen LogP contribution in [0.5, 0.6) is 0 Å². The third-order valence-electron chi connectivity index (χ3n) is 2.72. The summed E-state index contributed by atoms with van der Waals surface area (Å²) in [6, 6.07) is 4.58. The number of amides is 1. The van der Waals surface area contributed by atoms with Crippen molar-refractivity contribution < 1.29 is 9.72 Å². The van der Waals surface area contributed by atoms with Crippen LogP contribution in [0, 0.1) is 17.0 Å². The molecule has 0 saturated carbocycles. The van der Waals surface area contributed by atoms with E-state index < -0.39 is 10.8 Å². The van der Waals surface area contributed by atoms with Crippen molar-refractivity contribution in [2.24, 2.45) is 5.73 Å². The fourth-order valence-electron chi connectivity index (χ4n) is 1.74. The van der Waals surface area contributed by atoms with Gasteiger partial charge in [0, 0.05) is 12.6 Å². The molecule has 2 rings (SSSR count). The maximum atomic E-state index is 11.9. The van der Waals surface area contributed by atoms with E-state index in [0.29, 0.717) is 5.69 Å². The summed E-state index contributed by atoms with van der Waals surface area (Å²) in [5.74, 6) is -0.435. The van der Waals surface area contributed by atoms with Crippen molar-refractivity contribution >= 4 is 17.3 Å². The van der Waals surface area contributed by atoms with Crippen molar-refractivity contribution in [3.8, 4) is 0 Å². The summed E-state index contributed by atoms with van der Waals surface area (Å²) < 4.78 is 1.32. The zero-order chi connectivity index (χ0) is 15.4. The monoisotopic (exact) mass is 290 g/mol. The third-order valence-corrected chi connectivity index (χ3v) is 2.72. The quantitative estimate of drug-likeness (QED) is 0.612. The highest BCUT2D eigenvalue weighted by molar-refractivity contribution is 5.92. The van der Waals surface area contributed by atoms with E-state index in [0.717, 1.165) is 5.56 Å². The number of aromatic nitrogens is 3. The van der Waals surface area contributed by atoms with E-state index in [-0.39, 0.29) is 24.5 Å². The first-order valence-corrected chi connectivity index (χ1v) is 6.13. The Kier molecular flexibility index (Phi) is 4.24. The molecule has 1 amide bonds. The number of nitro groups is 1. The molecule has 1 heterocycles. The Hall–Kier alpha value is -2.81. The number of benzene rings is 1. The molecule has 0 unspecified atom stereocenters. The van der Waals surface area contributed by atoms with Crippen molar-refractivity contribution in [3.05, 3.63) is 45.8 Å². The number of nitrogens with two attached hydrogens (primary N) is 1. The molecule has 0 spiro atoms. The van der Waals surface area contributed by atoms with Gasteiger partial charge in [-0.2, -0.15) is 0 Å². The van der Waals surface area contributed by atoms with Crippen LogP contribution < -0.4 is 11.1 Å². The topological polar surface area (TPSA) is 129 Å². The molecule has 9 heteroatoms. The van der Waals surface area contributed by atoms with Gasteiger partial charge in [-0.3, -0.25) is 14.9 Å². The first-order valence-electron chi connectivity index (χ1n) is 6.13. The first-order chi connectivity index (χ1) is 9.99. The van der Waals surface area contributed by atoms with Gasteiger partial charge in [0.1, 0.15) is 12.2 Å². The zero-order valence-electron chi connectivity index (χ0n) is 11.3. The van der Waals surface area contributed by atoms with Crippen molar-refractivity contribution in [2.45, 2.75) is 20.0 Å². The molecule has 0 aliphatic heterocycles. The molecular weight excluding hydrogens is 276 g/mol. The molecule has 0 aliphatic rings. The summed E-state index contributed by atoms with van der Waals surface area (Å²) in [5.41, 5.74) is 6.69. The smallest absolute Gasteiger partial charge is 0.293 e. The van der Waals surface area contributed by atoms with Gasteiger partial charge in [0.15, 0.2) is 0 Å². The van der Waals surface area contributed by atoms with Crippen molar-refractivity contribution in [2.75, 3.05) is 5.32 Å². The predicted molar refractivity (Wildman–Crippen MR) is 74.4 cm³/mol. The summed E-state index contributed by atoms with van der Waals surface area (Å²) >= 11 is 0. The van der Waals surface area contributed by atoms with Crippen LogP contribution in [0.1, 0.15) is 11.3 Å². The van der Waals surface area contributed by atoms with Gasteiger partial charge >= 0.3 is 0 Å². The fraction of sp³-hybridized carbons (Fsp3) is 0.250. The van der Waals surface area contributed by atoms with Gasteiger partial charge in [-0.1, -0.05) is 11.3 Å². The normalized spacial score (nSPS) is 10.4. The van der Waals surface area contributed by atoms with Gasteiger partial charge in [-0.25, -0.2) is 4.68 Å². The Balaban J connectivity index is 2.10. The fourth-order valence-corrected chi connectivity index (χ4v) is 1.74. The number of nitrogens with one attached hydrogen (secondary N) is 1. The van der Waals surface area contributed by atoms with Crippen LogP contribution in [0.4, 0.5) is 11.4 Å². The molecule has 110 valence electrons. The maximum absolute atomic E-state index is 11.9. The molecule has 9 nitrogen and oxygen atoms in total. The van der Waals surface area contributed by atoms with Crippen molar-refractivity contribution in [3.63, 3.8) is 0 Å². The van der Waals surface area contributed by atoms with Crippen LogP contribution in [0.25, 0.3) is 0 Å². The number of carbonyl (C=O) groups is 1. The van der Waals surface area contributed by atoms with Crippen molar-refractivity contribution in [1.29, 1.82) is 0 Å². The third kappa shape index (κ3) is 3.60. The average molecular weight is 290 g/mol. The molecule has 21 heavy (non-hydrogen) atoms. The van der Waals surface area contributed by atoms with E-state index in [1.54, 1.807) is 19.2 Å². The molecule has 0 fully saturated rings. The molecule has 1 aromatic carbocycles. The molecule has 0 aliphatic carbocycles. The summed E-state index contributed by atoms with van der Waals surface area (Å²) in [7, 11) is 0. The number of rotatable bonds is 5. The second-order valence-electron chi connectivity index (χ2n) is 4.44. The van der Waals surface area contributed by atoms with Crippen molar-refractivity contribution in [1.82, 2.24) is 15.0 Å². The highest BCUT2D eigenvalue weighted by Crippen LogP contribution is 2.25. The lowest BCUT2D eigenvalue weighted by atomic mass is 10.2. The van der Waals surface area contributed by atoms with Crippen LogP contribution in [-0.4, -0.2) is 25.8 Å². The molecule has 1 aromatic heterocycles. The Morgan fingerprint density at radius 3 is 2.90 bits per heavy atom. The van der Waals surface area contributed by atoms with Crippen LogP contribution in [0.3, 0.4) is 0 Å². The SMILES string of the molecule is Cc1ccc(NC(=O)Cn2cc(CN)nn2)c([N+](=O)[O-])c1. The number of nitrogens with zero attached hydrogens (tertiary/aromatic N) is 4. The van der Waals surface area contributed by atoms with Gasteiger partial charge in [-0.15, -0.1) is 5.10 Å². The second-order valence-corrected chi connectivity index (χ2v) is 4.44. The Morgan fingerprint density at radius 2 is 2.29 bits per heavy atom. The minimum absolute atomic E-state index is 0.0992. The first kappa shape index (κ1) is 14.6. The van der Waals surface area contributed by atoms with Gasteiger partial charge < -0.3 is 11.1 Å². The Bertz CT molecular complexity index is 681. The maximum Gasteiger partial charge on any atom is 0.293 e. The molecule has 3 N–H and O–H groups in total. The predicted octanol–water partition coefficient (Wildman–Crippen LogP) is 0.592. The highest BCUT2D eigenvalue weighted by Gasteiger charge is 2.16. The number of nitro benzene ring substituents is 1. The van der Waals surface area contributed by atoms with Crippen LogP contribution in [-0.2, 0) is 17.9 Å².